The van der Waals surface area contributed by atoms with Crippen LogP contribution in [0.15, 0.2) is 42.5 Å². The molecule has 14 heavy (non-hydrogen) atoms. The molecule has 0 spiro atoms. The molecule has 1 nitrogen and oxygen atoms in total. The van der Waals surface area contributed by atoms with Crippen molar-refractivity contribution in [2.24, 2.45) is 0 Å². The van der Waals surface area contributed by atoms with Crippen molar-refractivity contribution in [2.75, 3.05) is 0 Å². The van der Waals surface area contributed by atoms with Gasteiger partial charge < -0.3 is 5.11 Å². The van der Waals surface area contributed by atoms with Crippen LogP contribution in [0.2, 0.25) is 0 Å². The van der Waals surface area contributed by atoms with Crippen molar-refractivity contribution in [3.63, 3.8) is 0 Å². The molecule has 0 aromatic heterocycles. The average Bonchev–Trinajstić information content (AvgIpc) is 2.27. The summed E-state index contributed by atoms with van der Waals surface area (Å²) in [6.45, 7) is 1.99. The van der Waals surface area contributed by atoms with Gasteiger partial charge in [-0.15, -0.1) is 0 Å². The molecule has 72 valence electrons. The maximum Gasteiger partial charge on any atom is 0.0793 e. The largest absolute Gasteiger partial charge is 0.388 e. The summed E-state index contributed by atoms with van der Waals surface area (Å²) in [7, 11) is 0. The SMILES string of the molecule is CC[C@@H](O)c1cccc2ccccc12. The fourth-order valence-corrected chi connectivity index (χ4v) is 1.76. The third kappa shape index (κ3) is 1.51. The number of rotatable bonds is 2. The monoisotopic (exact) mass is 186 g/mol. The first kappa shape index (κ1) is 9.22. The van der Waals surface area contributed by atoms with Crippen LogP contribution in [-0.4, -0.2) is 5.11 Å². The molecule has 2 aromatic rings. The predicted molar refractivity (Wildman–Crippen MR) is 59.2 cm³/mol. The standard InChI is InChI=1S/C13H14O/c1-2-13(14)12-9-5-7-10-6-3-4-8-11(10)12/h3-9,13-14H,2H2,1H3/t13-/m1/s1. The molecule has 0 saturated heterocycles. The lowest BCUT2D eigenvalue weighted by molar-refractivity contribution is 0.175. The molecule has 0 aliphatic rings. The van der Waals surface area contributed by atoms with Crippen LogP contribution in [0.5, 0.6) is 0 Å². The minimum atomic E-state index is -0.346. The van der Waals surface area contributed by atoms with E-state index in [0.29, 0.717) is 0 Å². The number of aliphatic hydroxyl groups excluding tert-OH is 1. The van der Waals surface area contributed by atoms with Gasteiger partial charge in [0.1, 0.15) is 0 Å². The number of hydrogen-bond acceptors (Lipinski definition) is 1. The van der Waals surface area contributed by atoms with E-state index < -0.39 is 0 Å². The van der Waals surface area contributed by atoms with Crippen LogP contribution in [0.4, 0.5) is 0 Å². The Kier molecular flexibility index (Phi) is 2.51. The lowest BCUT2D eigenvalue weighted by atomic mass is 9.99. The van der Waals surface area contributed by atoms with E-state index in [1.54, 1.807) is 0 Å². The third-order valence-electron chi connectivity index (χ3n) is 2.57. The number of aliphatic hydroxyl groups is 1. The van der Waals surface area contributed by atoms with E-state index >= 15 is 0 Å². The van der Waals surface area contributed by atoms with E-state index in [1.165, 1.54) is 5.39 Å². The van der Waals surface area contributed by atoms with E-state index in [-0.39, 0.29) is 6.10 Å². The zero-order chi connectivity index (χ0) is 9.97. The summed E-state index contributed by atoms with van der Waals surface area (Å²) in [5.74, 6) is 0. The Morgan fingerprint density at radius 3 is 2.57 bits per heavy atom. The van der Waals surface area contributed by atoms with Crippen molar-refractivity contribution in [1.29, 1.82) is 0 Å². The Morgan fingerprint density at radius 1 is 1.07 bits per heavy atom. The molecule has 0 bridgehead atoms. The van der Waals surface area contributed by atoms with Crippen molar-refractivity contribution in [1.82, 2.24) is 0 Å². The second kappa shape index (κ2) is 3.81. The molecule has 1 atom stereocenters. The van der Waals surface area contributed by atoms with Crippen molar-refractivity contribution in [3.8, 4) is 0 Å². The van der Waals surface area contributed by atoms with Crippen LogP contribution in [-0.2, 0) is 0 Å². The summed E-state index contributed by atoms with van der Waals surface area (Å²) in [6, 6.07) is 14.2. The first-order chi connectivity index (χ1) is 6.83. The van der Waals surface area contributed by atoms with Gasteiger partial charge in [-0.25, -0.2) is 0 Å². The quantitative estimate of drug-likeness (QED) is 0.763. The molecule has 0 radical (unpaired) electrons. The highest BCUT2D eigenvalue weighted by atomic mass is 16.3. The maximum atomic E-state index is 9.83. The molecule has 0 fully saturated rings. The van der Waals surface area contributed by atoms with Gasteiger partial charge in [-0.1, -0.05) is 49.4 Å². The van der Waals surface area contributed by atoms with Gasteiger partial charge in [-0.3, -0.25) is 0 Å². The second-order valence-corrected chi connectivity index (χ2v) is 3.49. The van der Waals surface area contributed by atoms with Crippen molar-refractivity contribution >= 4 is 10.8 Å². The normalized spacial score (nSPS) is 13.0. The van der Waals surface area contributed by atoms with Gasteiger partial charge in [-0.05, 0) is 22.8 Å². The molecule has 0 heterocycles. The van der Waals surface area contributed by atoms with E-state index in [1.807, 2.05) is 31.2 Å². The summed E-state index contributed by atoms with van der Waals surface area (Å²) in [5, 5.41) is 12.2. The topological polar surface area (TPSA) is 20.2 Å². The van der Waals surface area contributed by atoms with Crippen molar-refractivity contribution < 1.29 is 5.11 Å². The molecule has 1 heteroatoms. The molecule has 0 saturated carbocycles. The Morgan fingerprint density at radius 2 is 1.79 bits per heavy atom. The Balaban J connectivity index is 2.65. The highest BCUT2D eigenvalue weighted by Crippen LogP contribution is 2.25. The smallest absolute Gasteiger partial charge is 0.0793 e. The predicted octanol–water partition coefficient (Wildman–Crippen LogP) is 3.28. The Labute approximate surface area is 84.0 Å². The fourth-order valence-electron chi connectivity index (χ4n) is 1.76. The minimum absolute atomic E-state index is 0.346. The first-order valence-electron chi connectivity index (χ1n) is 4.98. The highest BCUT2D eigenvalue weighted by Gasteiger charge is 2.07. The van der Waals surface area contributed by atoms with Crippen LogP contribution >= 0.6 is 0 Å². The average molecular weight is 186 g/mol. The molecular weight excluding hydrogens is 172 g/mol. The van der Waals surface area contributed by atoms with Crippen molar-refractivity contribution in [2.45, 2.75) is 19.4 Å². The lowest BCUT2D eigenvalue weighted by Gasteiger charge is -2.11. The molecule has 0 unspecified atom stereocenters. The van der Waals surface area contributed by atoms with Gasteiger partial charge >= 0.3 is 0 Å². The van der Waals surface area contributed by atoms with Gasteiger partial charge in [0.15, 0.2) is 0 Å². The van der Waals surface area contributed by atoms with Gasteiger partial charge in [0.25, 0.3) is 0 Å². The lowest BCUT2D eigenvalue weighted by Crippen LogP contribution is -1.95. The molecule has 0 aliphatic carbocycles. The summed E-state index contributed by atoms with van der Waals surface area (Å²) in [5.41, 5.74) is 1.03. The van der Waals surface area contributed by atoms with E-state index in [9.17, 15) is 5.11 Å². The zero-order valence-electron chi connectivity index (χ0n) is 8.27. The van der Waals surface area contributed by atoms with Crippen LogP contribution in [0.1, 0.15) is 25.0 Å². The molecule has 0 aliphatic heterocycles. The summed E-state index contributed by atoms with van der Waals surface area (Å²) in [6.07, 6.45) is 0.412. The summed E-state index contributed by atoms with van der Waals surface area (Å²) in [4.78, 5) is 0. The second-order valence-electron chi connectivity index (χ2n) is 3.49. The summed E-state index contributed by atoms with van der Waals surface area (Å²) >= 11 is 0. The Bertz CT molecular complexity index is 429. The van der Waals surface area contributed by atoms with Crippen molar-refractivity contribution in [3.05, 3.63) is 48.0 Å². The Hall–Kier alpha value is -1.34. The van der Waals surface area contributed by atoms with Gasteiger partial charge in [-0.2, -0.15) is 0 Å². The van der Waals surface area contributed by atoms with E-state index in [2.05, 4.69) is 18.2 Å². The molecule has 2 aromatic carbocycles. The van der Waals surface area contributed by atoms with Gasteiger partial charge in [0.05, 0.1) is 6.10 Å². The highest BCUT2D eigenvalue weighted by molar-refractivity contribution is 5.85. The maximum absolute atomic E-state index is 9.83. The van der Waals surface area contributed by atoms with Crippen LogP contribution in [0.3, 0.4) is 0 Å². The summed E-state index contributed by atoms with van der Waals surface area (Å²) < 4.78 is 0. The number of hydrogen-bond donors (Lipinski definition) is 1. The van der Waals surface area contributed by atoms with Gasteiger partial charge in [0, 0.05) is 0 Å². The molecule has 0 amide bonds. The van der Waals surface area contributed by atoms with Crippen LogP contribution in [0, 0.1) is 0 Å². The first-order valence-corrected chi connectivity index (χ1v) is 4.98. The fraction of sp³-hybridized carbons (Fsp3) is 0.231. The zero-order valence-corrected chi connectivity index (χ0v) is 8.27. The third-order valence-corrected chi connectivity index (χ3v) is 2.57. The molecular formula is C13H14O. The van der Waals surface area contributed by atoms with Crippen LogP contribution < -0.4 is 0 Å². The van der Waals surface area contributed by atoms with E-state index in [4.69, 9.17) is 0 Å². The number of benzene rings is 2. The minimum Gasteiger partial charge on any atom is -0.388 e. The van der Waals surface area contributed by atoms with Gasteiger partial charge in [0.2, 0.25) is 0 Å². The van der Waals surface area contributed by atoms with Crippen LogP contribution in [0.25, 0.3) is 10.8 Å². The molecule has 1 N–H and O–H groups in total. The van der Waals surface area contributed by atoms with E-state index in [0.717, 1.165) is 17.4 Å². The molecule has 2 rings (SSSR count). The number of fused-ring (bicyclic) bond motifs is 1.